The van der Waals surface area contributed by atoms with Crippen molar-refractivity contribution in [1.82, 2.24) is 0 Å². The summed E-state index contributed by atoms with van der Waals surface area (Å²) in [7, 11) is 0. The number of hydrogen-bond acceptors (Lipinski definition) is 1. The highest BCUT2D eigenvalue weighted by atomic mass is 19.3. The van der Waals surface area contributed by atoms with Crippen molar-refractivity contribution in [2.75, 3.05) is 0 Å². The number of hydrogen-bond donors (Lipinski definition) is 0. The van der Waals surface area contributed by atoms with Gasteiger partial charge in [-0.3, -0.25) is 0 Å². The molecule has 1 nitrogen and oxygen atoms in total. The van der Waals surface area contributed by atoms with Gasteiger partial charge in [-0.15, -0.1) is 0 Å². The topological polar surface area (TPSA) is 9.23 Å². The highest BCUT2D eigenvalue weighted by Gasteiger charge is 2.41. The second-order valence-corrected chi connectivity index (χ2v) is 11.1. The molecule has 4 aromatic rings. The molecule has 0 atom stereocenters. The largest absolute Gasteiger partial charge is 0.432 e. The summed E-state index contributed by atoms with van der Waals surface area (Å²) in [6.07, 6.45) is 3.51. The van der Waals surface area contributed by atoms with Gasteiger partial charge in [-0.25, -0.2) is 30.7 Å². The summed E-state index contributed by atoms with van der Waals surface area (Å²) in [4.78, 5) is 0. The van der Waals surface area contributed by atoms with Crippen LogP contribution in [0.2, 0.25) is 0 Å². The van der Waals surface area contributed by atoms with E-state index in [4.69, 9.17) is 0 Å². The zero-order valence-corrected chi connectivity index (χ0v) is 23.9. The Kier molecular flexibility index (Phi) is 9.32. The van der Waals surface area contributed by atoms with Crippen molar-refractivity contribution in [2.24, 2.45) is 5.92 Å². The van der Waals surface area contributed by atoms with Crippen LogP contribution in [0.25, 0.3) is 22.3 Å². The van der Waals surface area contributed by atoms with Crippen LogP contribution in [-0.4, -0.2) is 0 Å². The fourth-order valence-electron chi connectivity index (χ4n) is 5.79. The van der Waals surface area contributed by atoms with Gasteiger partial charge in [0, 0.05) is 17.2 Å². The van der Waals surface area contributed by atoms with Gasteiger partial charge in [-0.1, -0.05) is 24.3 Å². The van der Waals surface area contributed by atoms with E-state index in [2.05, 4.69) is 10.8 Å². The van der Waals surface area contributed by atoms with E-state index in [-0.39, 0.29) is 33.7 Å². The predicted molar refractivity (Wildman–Crippen MR) is 152 cm³/mol. The molecule has 0 amide bonds. The summed E-state index contributed by atoms with van der Waals surface area (Å²) in [5.41, 5.74) is -2.25. The van der Waals surface area contributed by atoms with Gasteiger partial charge in [0.15, 0.2) is 17.5 Å². The SMILES string of the molecule is C/C=C\CC1CCC(c2cc(F)c(C(F)(F)Oc3ccc(-c4ccc(-c5cc(F)c(F)c(F)c5)c(F)c4)c(F)c3)c(F)c2)CC1. The molecule has 1 aliphatic carbocycles. The Morgan fingerprint density at radius 1 is 0.667 bits per heavy atom. The van der Waals surface area contributed by atoms with Gasteiger partial charge in [-0.2, -0.15) is 8.78 Å². The van der Waals surface area contributed by atoms with E-state index in [1.165, 1.54) is 6.07 Å². The average molecular weight is 635 g/mol. The monoisotopic (exact) mass is 634 g/mol. The number of rotatable bonds is 8. The lowest BCUT2D eigenvalue weighted by Gasteiger charge is -2.29. The Bertz CT molecular complexity index is 1690. The molecule has 236 valence electrons. The van der Waals surface area contributed by atoms with Crippen LogP contribution in [0.5, 0.6) is 5.75 Å². The molecule has 0 aromatic heterocycles. The zero-order valence-electron chi connectivity index (χ0n) is 23.9. The number of benzene rings is 4. The van der Waals surface area contributed by atoms with Gasteiger partial charge in [0.2, 0.25) is 0 Å². The van der Waals surface area contributed by atoms with Crippen LogP contribution in [0.3, 0.4) is 0 Å². The molecule has 4 aromatic carbocycles. The van der Waals surface area contributed by atoms with Crippen LogP contribution in [0.4, 0.5) is 39.5 Å². The zero-order chi connectivity index (χ0) is 32.5. The molecule has 0 saturated heterocycles. The van der Waals surface area contributed by atoms with Gasteiger partial charge in [0.1, 0.15) is 34.6 Å². The number of halogens is 9. The Morgan fingerprint density at radius 3 is 1.80 bits per heavy atom. The van der Waals surface area contributed by atoms with Crippen molar-refractivity contribution >= 4 is 0 Å². The third-order valence-corrected chi connectivity index (χ3v) is 8.14. The Balaban J connectivity index is 1.33. The Labute approximate surface area is 254 Å². The molecule has 0 N–H and O–H groups in total. The molecule has 45 heavy (non-hydrogen) atoms. The van der Waals surface area contributed by atoms with Gasteiger partial charge in [0.25, 0.3) is 0 Å². The Morgan fingerprint density at radius 2 is 1.22 bits per heavy atom. The van der Waals surface area contributed by atoms with Crippen LogP contribution >= 0.6 is 0 Å². The number of alkyl halides is 2. The van der Waals surface area contributed by atoms with Gasteiger partial charge in [-0.05, 0) is 110 Å². The van der Waals surface area contributed by atoms with Gasteiger partial charge >= 0.3 is 6.11 Å². The van der Waals surface area contributed by atoms with Crippen molar-refractivity contribution in [2.45, 2.75) is 51.1 Å². The molecule has 5 rings (SSSR count). The van der Waals surface area contributed by atoms with Crippen molar-refractivity contribution in [1.29, 1.82) is 0 Å². The van der Waals surface area contributed by atoms with Gasteiger partial charge < -0.3 is 4.74 Å². The van der Waals surface area contributed by atoms with E-state index >= 15 is 8.78 Å². The lowest BCUT2D eigenvalue weighted by atomic mass is 9.77. The molecule has 0 spiro atoms. The fourth-order valence-corrected chi connectivity index (χ4v) is 5.79. The molecule has 0 bridgehead atoms. The maximum atomic E-state index is 15.0. The summed E-state index contributed by atoms with van der Waals surface area (Å²) < 4.78 is 135. The molecule has 0 heterocycles. The minimum absolute atomic E-state index is 0.0707. The van der Waals surface area contributed by atoms with Crippen LogP contribution in [-0.2, 0) is 6.11 Å². The minimum Gasteiger partial charge on any atom is -0.429 e. The maximum absolute atomic E-state index is 15.0. The van der Waals surface area contributed by atoms with Crippen LogP contribution in [0.1, 0.15) is 56.1 Å². The Hall–Kier alpha value is -4.21. The second-order valence-electron chi connectivity index (χ2n) is 11.1. The highest BCUT2D eigenvalue weighted by Crippen LogP contribution is 2.41. The molecule has 1 fully saturated rings. The normalized spacial score (nSPS) is 17.2. The molecule has 0 aliphatic heterocycles. The van der Waals surface area contributed by atoms with Crippen LogP contribution in [0.15, 0.2) is 72.8 Å². The van der Waals surface area contributed by atoms with E-state index in [0.717, 1.165) is 55.7 Å². The third kappa shape index (κ3) is 6.89. The minimum atomic E-state index is -4.50. The van der Waals surface area contributed by atoms with E-state index in [1.54, 1.807) is 0 Å². The highest BCUT2D eigenvalue weighted by molar-refractivity contribution is 5.72. The van der Waals surface area contributed by atoms with Gasteiger partial charge in [0.05, 0.1) is 0 Å². The summed E-state index contributed by atoms with van der Waals surface area (Å²) in [6, 6.07) is 8.56. The first-order chi connectivity index (χ1) is 21.4. The van der Waals surface area contributed by atoms with Crippen molar-refractivity contribution in [3.63, 3.8) is 0 Å². The van der Waals surface area contributed by atoms with E-state index in [9.17, 15) is 30.7 Å². The lowest BCUT2D eigenvalue weighted by Crippen LogP contribution is -2.25. The van der Waals surface area contributed by atoms with E-state index < -0.39 is 58.1 Å². The second kappa shape index (κ2) is 13.0. The first kappa shape index (κ1) is 32.2. The third-order valence-electron chi connectivity index (χ3n) is 8.14. The standard InChI is InChI=1S/C35H27F9O/c1-2-3-4-19-5-7-20(8-6-19)22-14-29(38)33(30(39)15-22)35(43,44)45-24-10-12-25(28(37)18-24)21-9-11-26(27(36)13-21)23-16-31(40)34(42)32(41)17-23/h2-3,9-20H,4-8H2,1H3/b3-2-. The number of allylic oxidation sites excluding steroid dienone is 2. The molecule has 1 aliphatic rings. The average Bonchev–Trinajstić information content (AvgIpc) is 2.98. The summed E-state index contributed by atoms with van der Waals surface area (Å²) in [5, 5.41) is 0. The first-order valence-electron chi connectivity index (χ1n) is 14.3. The van der Waals surface area contributed by atoms with E-state index in [0.29, 0.717) is 37.0 Å². The van der Waals surface area contributed by atoms with E-state index in [1.807, 2.05) is 13.0 Å². The van der Waals surface area contributed by atoms with Crippen molar-refractivity contribution in [3.05, 3.63) is 125 Å². The predicted octanol–water partition coefficient (Wildman–Crippen LogP) is 11.4. The van der Waals surface area contributed by atoms with Crippen molar-refractivity contribution < 1.29 is 44.3 Å². The maximum Gasteiger partial charge on any atom is 0.432 e. The molecular weight excluding hydrogens is 607 g/mol. The van der Waals surface area contributed by atoms with Crippen molar-refractivity contribution in [3.8, 4) is 28.0 Å². The summed E-state index contributed by atoms with van der Waals surface area (Å²) >= 11 is 0. The molecule has 0 radical (unpaired) electrons. The summed E-state index contributed by atoms with van der Waals surface area (Å²) in [5.74, 6) is -10.4. The smallest absolute Gasteiger partial charge is 0.429 e. The van der Waals surface area contributed by atoms with Crippen LogP contribution < -0.4 is 4.74 Å². The molecule has 0 unspecified atom stereocenters. The fraction of sp³-hybridized carbons (Fsp3) is 0.257. The molecule has 10 heteroatoms. The molecule has 1 saturated carbocycles. The number of ether oxygens (including phenoxy) is 1. The first-order valence-corrected chi connectivity index (χ1v) is 14.3. The summed E-state index contributed by atoms with van der Waals surface area (Å²) in [6.45, 7) is 1.93. The lowest BCUT2D eigenvalue weighted by molar-refractivity contribution is -0.189. The molecular formula is C35H27F9O. The quantitative estimate of drug-likeness (QED) is 0.106. The van der Waals surface area contributed by atoms with Crippen LogP contribution in [0, 0.1) is 46.6 Å².